The third-order valence-electron chi connectivity index (χ3n) is 6.78. The molecule has 2 aromatic rings. The number of carbonyl (C=O) groups excluding carboxylic acids is 1. The highest BCUT2D eigenvalue weighted by Gasteiger charge is 2.21. The van der Waals surface area contributed by atoms with Gasteiger partial charge in [0.25, 0.3) is 5.91 Å². The van der Waals surface area contributed by atoms with Crippen LogP contribution in [-0.2, 0) is 0 Å². The third kappa shape index (κ3) is 4.94. The summed E-state index contributed by atoms with van der Waals surface area (Å²) in [6.45, 7) is 9.63. The molecule has 5 heteroatoms. The van der Waals surface area contributed by atoms with Gasteiger partial charge in [0.1, 0.15) is 5.82 Å². The number of pyridine rings is 1. The molecule has 2 unspecified atom stereocenters. The standard InChI is InChI=1S/C25H36N4O/c1-19-9-7-15-29(18-19)24-17-22(21-11-3-4-12-23(21)27-24)25(30)26-13-8-16-28-14-6-5-10-20(28)2/h3-4,11-12,17,19-20H,5-10,13-16,18H2,1-2H3,(H,26,30). The minimum Gasteiger partial charge on any atom is -0.356 e. The normalized spacial score (nSPS) is 22.9. The first-order chi connectivity index (χ1) is 14.6. The zero-order valence-corrected chi connectivity index (χ0v) is 18.6. The molecule has 30 heavy (non-hydrogen) atoms. The zero-order chi connectivity index (χ0) is 20.9. The van der Waals surface area contributed by atoms with Crippen LogP contribution < -0.4 is 10.2 Å². The molecule has 2 aliphatic heterocycles. The summed E-state index contributed by atoms with van der Waals surface area (Å²) >= 11 is 0. The molecule has 5 nitrogen and oxygen atoms in total. The van der Waals surface area contributed by atoms with Gasteiger partial charge in [0.05, 0.1) is 11.1 Å². The van der Waals surface area contributed by atoms with Crippen molar-refractivity contribution in [3.8, 4) is 0 Å². The maximum atomic E-state index is 13.1. The topological polar surface area (TPSA) is 48.5 Å². The number of benzene rings is 1. The van der Waals surface area contributed by atoms with Gasteiger partial charge in [0, 0.05) is 37.6 Å². The second-order valence-corrected chi connectivity index (χ2v) is 9.23. The second kappa shape index (κ2) is 9.78. The number of carbonyl (C=O) groups is 1. The molecule has 1 aromatic heterocycles. The lowest BCUT2D eigenvalue weighted by Gasteiger charge is -2.33. The Morgan fingerprint density at radius 2 is 2.00 bits per heavy atom. The van der Waals surface area contributed by atoms with Crippen molar-refractivity contribution < 1.29 is 4.79 Å². The molecule has 2 fully saturated rings. The summed E-state index contributed by atoms with van der Waals surface area (Å²) in [6.07, 6.45) is 7.40. The van der Waals surface area contributed by atoms with Crippen molar-refractivity contribution in [1.82, 2.24) is 15.2 Å². The summed E-state index contributed by atoms with van der Waals surface area (Å²) in [5, 5.41) is 4.11. The van der Waals surface area contributed by atoms with E-state index in [0.717, 1.165) is 54.9 Å². The van der Waals surface area contributed by atoms with Crippen molar-refractivity contribution in [2.24, 2.45) is 5.92 Å². The lowest BCUT2D eigenvalue weighted by Crippen LogP contribution is -2.39. The number of nitrogens with zero attached hydrogens (tertiary/aromatic N) is 3. The van der Waals surface area contributed by atoms with Gasteiger partial charge in [-0.15, -0.1) is 0 Å². The molecule has 162 valence electrons. The van der Waals surface area contributed by atoms with Gasteiger partial charge < -0.3 is 15.1 Å². The van der Waals surface area contributed by atoms with Crippen LogP contribution in [-0.4, -0.2) is 54.6 Å². The lowest BCUT2D eigenvalue weighted by atomic mass is 10.00. The average Bonchev–Trinajstić information content (AvgIpc) is 2.77. The SMILES string of the molecule is CC1CCCN(c2cc(C(=O)NCCCN3CCCCC3C)c3ccccc3n2)C1. The number of aromatic nitrogens is 1. The molecule has 1 N–H and O–H groups in total. The van der Waals surface area contributed by atoms with Crippen molar-refractivity contribution in [1.29, 1.82) is 0 Å². The van der Waals surface area contributed by atoms with Gasteiger partial charge in [-0.25, -0.2) is 4.98 Å². The fourth-order valence-corrected chi connectivity index (χ4v) is 4.98. The Hall–Kier alpha value is -2.14. The first-order valence-electron chi connectivity index (χ1n) is 11.8. The highest BCUT2D eigenvalue weighted by Crippen LogP contribution is 2.26. The van der Waals surface area contributed by atoms with Crippen LogP contribution >= 0.6 is 0 Å². The van der Waals surface area contributed by atoms with Crippen LogP contribution in [0.3, 0.4) is 0 Å². The molecule has 3 heterocycles. The molecule has 0 saturated carbocycles. The third-order valence-corrected chi connectivity index (χ3v) is 6.78. The van der Waals surface area contributed by atoms with Crippen LogP contribution in [0.5, 0.6) is 0 Å². The van der Waals surface area contributed by atoms with Gasteiger partial charge in [-0.1, -0.05) is 31.5 Å². The van der Waals surface area contributed by atoms with E-state index in [4.69, 9.17) is 4.98 Å². The largest absolute Gasteiger partial charge is 0.356 e. The molecule has 0 spiro atoms. The molecule has 0 bridgehead atoms. The fourth-order valence-electron chi connectivity index (χ4n) is 4.98. The summed E-state index contributed by atoms with van der Waals surface area (Å²) in [6, 6.07) is 10.7. The number of anilines is 1. The number of likely N-dealkylation sites (tertiary alicyclic amines) is 1. The molecule has 4 rings (SSSR count). The van der Waals surface area contributed by atoms with Crippen LogP contribution in [0.15, 0.2) is 30.3 Å². The Balaban J connectivity index is 1.44. The van der Waals surface area contributed by atoms with Crippen LogP contribution in [0, 0.1) is 5.92 Å². The van der Waals surface area contributed by atoms with Crippen LogP contribution in [0.1, 0.15) is 62.7 Å². The van der Waals surface area contributed by atoms with E-state index in [1.165, 1.54) is 38.6 Å². The molecule has 0 aliphatic carbocycles. The van der Waals surface area contributed by atoms with E-state index in [1.807, 2.05) is 30.3 Å². The number of hydrogen-bond donors (Lipinski definition) is 1. The van der Waals surface area contributed by atoms with Crippen LogP contribution in [0.25, 0.3) is 10.9 Å². The van der Waals surface area contributed by atoms with Crippen molar-refractivity contribution in [3.63, 3.8) is 0 Å². The number of rotatable bonds is 6. The number of para-hydroxylation sites is 1. The maximum Gasteiger partial charge on any atom is 0.252 e. The molecule has 1 aromatic carbocycles. The van der Waals surface area contributed by atoms with Gasteiger partial charge in [-0.2, -0.15) is 0 Å². The Labute approximate surface area is 180 Å². The average molecular weight is 409 g/mol. The Morgan fingerprint density at radius 3 is 2.83 bits per heavy atom. The minimum atomic E-state index is 0.0200. The van der Waals surface area contributed by atoms with Gasteiger partial charge in [0.2, 0.25) is 0 Å². The summed E-state index contributed by atoms with van der Waals surface area (Å²) in [5.74, 6) is 1.63. The predicted molar refractivity (Wildman–Crippen MR) is 124 cm³/mol. The van der Waals surface area contributed by atoms with E-state index < -0.39 is 0 Å². The Kier molecular flexibility index (Phi) is 6.88. The number of amides is 1. The summed E-state index contributed by atoms with van der Waals surface area (Å²) in [7, 11) is 0. The summed E-state index contributed by atoms with van der Waals surface area (Å²) in [4.78, 5) is 22.9. The summed E-state index contributed by atoms with van der Waals surface area (Å²) < 4.78 is 0. The second-order valence-electron chi connectivity index (χ2n) is 9.23. The highest BCUT2D eigenvalue weighted by atomic mass is 16.1. The quantitative estimate of drug-likeness (QED) is 0.717. The van der Waals surface area contributed by atoms with Crippen molar-refractivity contribution in [2.45, 2.75) is 58.4 Å². The summed E-state index contributed by atoms with van der Waals surface area (Å²) in [5.41, 5.74) is 1.65. The zero-order valence-electron chi connectivity index (χ0n) is 18.6. The number of piperidine rings is 2. The molecule has 1 amide bonds. The van der Waals surface area contributed by atoms with E-state index in [0.29, 0.717) is 12.0 Å². The Bertz CT molecular complexity index is 867. The smallest absolute Gasteiger partial charge is 0.252 e. The van der Waals surface area contributed by atoms with Gasteiger partial charge in [0.15, 0.2) is 0 Å². The number of hydrogen-bond acceptors (Lipinski definition) is 4. The molecule has 0 radical (unpaired) electrons. The van der Waals surface area contributed by atoms with Gasteiger partial charge in [-0.05, 0) is 63.6 Å². The van der Waals surface area contributed by atoms with E-state index in [1.54, 1.807) is 0 Å². The first kappa shape index (κ1) is 21.1. The molecular weight excluding hydrogens is 372 g/mol. The maximum absolute atomic E-state index is 13.1. The van der Waals surface area contributed by atoms with E-state index in [9.17, 15) is 4.79 Å². The molecule has 2 saturated heterocycles. The minimum absolute atomic E-state index is 0.0200. The molecule has 2 aliphatic rings. The van der Waals surface area contributed by atoms with Crippen molar-refractivity contribution >= 4 is 22.6 Å². The Morgan fingerprint density at radius 1 is 1.13 bits per heavy atom. The fraction of sp³-hybridized carbons (Fsp3) is 0.600. The predicted octanol–water partition coefficient (Wildman–Crippen LogP) is 4.47. The van der Waals surface area contributed by atoms with Gasteiger partial charge >= 0.3 is 0 Å². The van der Waals surface area contributed by atoms with E-state index in [2.05, 4.69) is 29.0 Å². The first-order valence-corrected chi connectivity index (χ1v) is 11.8. The van der Waals surface area contributed by atoms with E-state index >= 15 is 0 Å². The molecule has 2 atom stereocenters. The molecular formula is C25H36N4O. The van der Waals surface area contributed by atoms with E-state index in [-0.39, 0.29) is 5.91 Å². The van der Waals surface area contributed by atoms with Gasteiger partial charge in [-0.3, -0.25) is 4.79 Å². The van der Waals surface area contributed by atoms with Crippen LogP contribution in [0.2, 0.25) is 0 Å². The number of nitrogens with one attached hydrogen (secondary N) is 1. The lowest BCUT2D eigenvalue weighted by molar-refractivity contribution is 0.0950. The number of fused-ring (bicyclic) bond motifs is 1. The van der Waals surface area contributed by atoms with Crippen LogP contribution in [0.4, 0.5) is 5.82 Å². The highest BCUT2D eigenvalue weighted by molar-refractivity contribution is 6.07. The van der Waals surface area contributed by atoms with Crippen molar-refractivity contribution in [2.75, 3.05) is 37.6 Å². The van der Waals surface area contributed by atoms with Crippen molar-refractivity contribution in [3.05, 3.63) is 35.9 Å². The monoisotopic (exact) mass is 408 g/mol.